The van der Waals surface area contributed by atoms with Crippen molar-refractivity contribution in [2.75, 3.05) is 6.61 Å². The van der Waals surface area contributed by atoms with Crippen LogP contribution in [-0.2, 0) is 4.79 Å². The molecular weight excluding hydrogens is 156 g/mol. The molecule has 0 spiro atoms. The van der Waals surface area contributed by atoms with Gasteiger partial charge in [-0.25, -0.2) is 0 Å². The standard InChI is InChI=1S/C8H18N2O2/c1-3-6(5-11)10-8(12)7(9)4-2/h6-7,11H,3-5,9H2,1-2H3,(H,10,12)/t6-,7+/m1/s1. The van der Waals surface area contributed by atoms with Gasteiger partial charge in [0.05, 0.1) is 18.7 Å². The van der Waals surface area contributed by atoms with Gasteiger partial charge in [-0.3, -0.25) is 4.79 Å². The van der Waals surface area contributed by atoms with Gasteiger partial charge in [0.1, 0.15) is 0 Å². The van der Waals surface area contributed by atoms with Crippen molar-refractivity contribution in [2.24, 2.45) is 5.73 Å². The van der Waals surface area contributed by atoms with Gasteiger partial charge in [-0.1, -0.05) is 13.8 Å². The zero-order chi connectivity index (χ0) is 9.56. The van der Waals surface area contributed by atoms with Crippen molar-refractivity contribution in [2.45, 2.75) is 38.8 Å². The average molecular weight is 174 g/mol. The van der Waals surface area contributed by atoms with E-state index in [1.54, 1.807) is 0 Å². The average Bonchev–Trinajstić information content (AvgIpc) is 2.12. The van der Waals surface area contributed by atoms with Crippen LogP contribution in [-0.4, -0.2) is 29.7 Å². The molecule has 0 heterocycles. The first-order valence-electron chi connectivity index (χ1n) is 4.32. The summed E-state index contributed by atoms with van der Waals surface area (Å²) in [6.45, 7) is 3.72. The van der Waals surface area contributed by atoms with E-state index >= 15 is 0 Å². The van der Waals surface area contributed by atoms with Gasteiger partial charge in [0, 0.05) is 0 Å². The van der Waals surface area contributed by atoms with Crippen LogP contribution in [0, 0.1) is 0 Å². The maximum absolute atomic E-state index is 11.2. The lowest BCUT2D eigenvalue weighted by atomic mass is 10.2. The van der Waals surface area contributed by atoms with Gasteiger partial charge in [0.25, 0.3) is 0 Å². The third-order valence-corrected chi connectivity index (χ3v) is 1.84. The number of nitrogens with one attached hydrogen (secondary N) is 1. The van der Waals surface area contributed by atoms with Crippen LogP contribution in [0.5, 0.6) is 0 Å². The van der Waals surface area contributed by atoms with Gasteiger partial charge < -0.3 is 16.2 Å². The van der Waals surface area contributed by atoms with Crippen molar-refractivity contribution < 1.29 is 9.90 Å². The molecule has 0 radical (unpaired) electrons. The minimum Gasteiger partial charge on any atom is -0.394 e. The zero-order valence-electron chi connectivity index (χ0n) is 7.71. The van der Waals surface area contributed by atoms with E-state index in [0.717, 1.165) is 6.42 Å². The largest absolute Gasteiger partial charge is 0.394 e. The number of aliphatic hydroxyl groups is 1. The Bertz CT molecular complexity index is 135. The summed E-state index contributed by atoms with van der Waals surface area (Å²) < 4.78 is 0. The second-order valence-corrected chi connectivity index (χ2v) is 2.81. The molecule has 4 N–H and O–H groups in total. The second kappa shape index (κ2) is 5.97. The van der Waals surface area contributed by atoms with Gasteiger partial charge in [-0.2, -0.15) is 0 Å². The molecule has 0 saturated heterocycles. The number of carbonyl (C=O) groups excluding carboxylic acids is 1. The van der Waals surface area contributed by atoms with Crippen LogP contribution in [0.15, 0.2) is 0 Å². The van der Waals surface area contributed by atoms with Crippen molar-refractivity contribution in [1.29, 1.82) is 0 Å². The van der Waals surface area contributed by atoms with Crippen molar-refractivity contribution in [1.82, 2.24) is 5.32 Å². The van der Waals surface area contributed by atoms with E-state index in [2.05, 4.69) is 5.32 Å². The number of hydrogen-bond donors (Lipinski definition) is 3. The van der Waals surface area contributed by atoms with Crippen molar-refractivity contribution in [3.63, 3.8) is 0 Å². The molecule has 0 rings (SSSR count). The lowest BCUT2D eigenvalue weighted by Crippen LogP contribution is -2.46. The van der Waals surface area contributed by atoms with E-state index in [0.29, 0.717) is 6.42 Å². The van der Waals surface area contributed by atoms with Crippen LogP contribution in [0.3, 0.4) is 0 Å². The Morgan fingerprint density at radius 1 is 1.50 bits per heavy atom. The van der Waals surface area contributed by atoms with E-state index in [-0.39, 0.29) is 18.6 Å². The SMILES string of the molecule is CC[C@H](CO)NC(=O)[C@@H](N)CC. The first-order valence-corrected chi connectivity index (χ1v) is 4.32. The highest BCUT2D eigenvalue weighted by Gasteiger charge is 2.14. The fourth-order valence-electron chi connectivity index (χ4n) is 0.770. The predicted molar refractivity (Wildman–Crippen MR) is 47.6 cm³/mol. The Hall–Kier alpha value is -0.610. The molecule has 0 fully saturated rings. The fourth-order valence-corrected chi connectivity index (χ4v) is 0.770. The molecule has 0 aliphatic carbocycles. The van der Waals surface area contributed by atoms with Crippen LogP contribution in [0.2, 0.25) is 0 Å². The Morgan fingerprint density at radius 2 is 2.08 bits per heavy atom. The Balaban J connectivity index is 3.81. The summed E-state index contributed by atoms with van der Waals surface area (Å²) in [6, 6.07) is -0.610. The third-order valence-electron chi connectivity index (χ3n) is 1.84. The third kappa shape index (κ3) is 3.69. The second-order valence-electron chi connectivity index (χ2n) is 2.81. The number of nitrogens with two attached hydrogens (primary N) is 1. The van der Waals surface area contributed by atoms with Gasteiger partial charge in [-0.15, -0.1) is 0 Å². The van der Waals surface area contributed by atoms with Gasteiger partial charge in [-0.05, 0) is 12.8 Å². The van der Waals surface area contributed by atoms with E-state index in [9.17, 15) is 4.79 Å². The zero-order valence-corrected chi connectivity index (χ0v) is 7.71. The van der Waals surface area contributed by atoms with Gasteiger partial charge >= 0.3 is 0 Å². The van der Waals surface area contributed by atoms with Crippen LogP contribution < -0.4 is 11.1 Å². The van der Waals surface area contributed by atoms with Crippen LogP contribution in [0.1, 0.15) is 26.7 Å². The highest BCUT2D eigenvalue weighted by Crippen LogP contribution is 1.92. The molecular formula is C8H18N2O2. The van der Waals surface area contributed by atoms with E-state index in [1.807, 2.05) is 13.8 Å². The van der Waals surface area contributed by atoms with E-state index < -0.39 is 6.04 Å². The summed E-state index contributed by atoms with van der Waals surface area (Å²) >= 11 is 0. The smallest absolute Gasteiger partial charge is 0.237 e. The monoisotopic (exact) mass is 174 g/mol. The van der Waals surface area contributed by atoms with E-state index in [4.69, 9.17) is 10.8 Å². The summed E-state index contributed by atoms with van der Waals surface area (Å²) in [6.07, 6.45) is 1.34. The number of rotatable bonds is 5. The Kier molecular flexibility index (Phi) is 5.66. The topological polar surface area (TPSA) is 75.3 Å². The van der Waals surface area contributed by atoms with Crippen LogP contribution in [0.25, 0.3) is 0 Å². The molecule has 0 aliphatic heterocycles. The first kappa shape index (κ1) is 11.4. The van der Waals surface area contributed by atoms with Crippen molar-refractivity contribution >= 4 is 5.91 Å². The molecule has 4 heteroatoms. The molecule has 2 atom stereocenters. The normalized spacial score (nSPS) is 15.3. The molecule has 0 aromatic carbocycles. The lowest BCUT2D eigenvalue weighted by Gasteiger charge is -2.16. The highest BCUT2D eigenvalue weighted by atomic mass is 16.3. The minimum atomic E-state index is -0.453. The minimum absolute atomic E-state index is 0.0291. The van der Waals surface area contributed by atoms with Gasteiger partial charge in [0.2, 0.25) is 5.91 Å². The summed E-state index contributed by atoms with van der Waals surface area (Å²) in [5, 5.41) is 11.4. The predicted octanol–water partition coefficient (Wildman–Crippen LogP) is -0.389. The maximum atomic E-state index is 11.2. The summed E-state index contributed by atoms with van der Waals surface area (Å²) in [5.41, 5.74) is 5.48. The molecule has 0 unspecified atom stereocenters. The Labute approximate surface area is 73.1 Å². The number of amides is 1. The van der Waals surface area contributed by atoms with E-state index in [1.165, 1.54) is 0 Å². The molecule has 12 heavy (non-hydrogen) atoms. The summed E-state index contributed by atoms with van der Waals surface area (Å²) in [5.74, 6) is -0.182. The molecule has 1 amide bonds. The fraction of sp³-hybridized carbons (Fsp3) is 0.875. The van der Waals surface area contributed by atoms with Crippen LogP contribution in [0.4, 0.5) is 0 Å². The summed E-state index contributed by atoms with van der Waals surface area (Å²) in [7, 11) is 0. The molecule has 0 bridgehead atoms. The first-order chi connectivity index (χ1) is 5.65. The maximum Gasteiger partial charge on any atom is 0.237 e. The molecule has 0 aliphatic rings. The quantitative estimate of drug-likeness (QED) is 0.531. The van der Waals surface area contributed by atoms with Crippen molar-refractivity contribution in [3.8, 4) is 0 Å². The molecule has 0 aromatic heterocycles. The van der Waals surface area contributed by atoms with Crippen LogP contribution >= 0.6 is 0 Å². The molecule has 0 saturated carbocycles. The molecule has 0 aromatic rings. The number of aliphatic hydroxyl groups excluding tert-OH is 1. The highest BCUT2D eigenvalue weighted by molar-refractivity contribution is 5.81. The number of hydrogen-bond acceptors (Lipinski definition) is 3. The molecule has 72 valence electrons. The lowest BCUT2D eigenvalue weighted by molar-refractivity contribution is -0.123. The summed E-state index contributed by atoms with van der Waals surface area (Å²) in [4.78, 5) is 11.2. The number of carbonyl (C=O) groups is 1. The van der Waals surface area contributed by atoms with Crippen molar-refractivity contribution in [3.05, 3.63) is 0 Å². The molecule has 4 nitrogen and oxygen atoms in total. The van der Waals surface area contributed by atoms with Gasteiger partial charge in [0.15, 0.2) is 0 Å². The Morgan fingerprint density at radius 3 is 2.42 bits per heavy atom.